The standard InChI is InChI=1S/C9H14N2O2.H2O4S/c1-13-8-4-2-3-7(9(8)10)11-5-6-12;1-5(2,3)4/h2-4,11-12H,5-6,10H2,1H3;(H2,1,2,3,4). The molecule has 0 saturated carbocycles. The minimum Gasteiger partial charge on any atom is -0.495 e. The van der Waals surface area contributed by atoms with Crippen molar-refractivity contribution in [1.29, 1.82) is 0 Å². The van der Waals surface area contributed by atoms with Crippen molar-refractivity contribution in [3.63, 3.8) is 0 Å². The number of aliphatic hydroxyl groups excluding tert-OH is 1. The van der Waals surface area contributed by atoms with Crippen LogP contribution in [0.3, 0.4) is 0 Å². The third-order valence-electron chi connectivity index (χ3n) is 1.71. The highest BCUT2D eigenvalue weighted by Gasteiger charge is 2.03. The summed E-state index contributed by atoms with van der Waals surface area (Å²) < 4.78 is 36.6. The smallest absolute Gasteiger partial charge is 0.394 e. The molecule has 0 heterocycles. The molecule has 0 aromatic heterocycles. The minimum atomic E-state index is -4.67. The van der Waals surface area contributed by atoms with Gasteiger partial charge in [0, 0.05) is 6.54 Å². The van der Waals surface area contributed by atoms with E-state index in [-0.39, 0.29) is 6.61 Å². The molecule has 6 N–H and O–H groups in total. The van der Waals surface area contributed by atoms with Crippen LogP contribution in [0.15, 0.2) is 18.2 Å². The molecular weight excluding hydrogens is 264 g/mol. The van der Waals surface area contributed by atoms with Gasteiger partial charge in [0.25, 0.3) is 0 Å². The minimum absolute atomic E-state index is 0.0800. The number of methoxy groups -OCH3 is 1. The fourth-order valence-corrected chi connectivity index (χ4v) is 1.07. The fourth-order valence-electron chi connectivity index (χ4n) is 1.07. The Hall–Kier alpha value is -1.55. The monoisotopic (exact) mass is 280 g/mol. The maximum absolute atomic E-state index is 8.74. The second-order valence-electron chi connectivity index (χ2n) is 3.02. The van der Waals surface area contributed by atoms with Gasteiger partial charge in [0.1, 0.15) is 5.75 Å². The Kier molecular flexibility index (Phi) is 7.05. The predicted molar refractivity (Wildman–Crippen MR) is 67.2 cm³/mol. The van der Waals surface area contributed by atoms with Crippen molar-refractivity contribution in [1.82, 2.24) is 0 Å². The summed E-state index contributed by atoms with van der Waals surface area (Å²) >= 11 is 0. The molecule has 0 bridgehead atoms. The number of nitrogens with two attached hydrogens (primary N) is 1. The molecule has 0 unspecified atom stereocenters. The lowest BCUT2D eigenvalue weighted by Gasteiger charge is -2.10. The Morgan fingerprint density at radius 1 is 1.39 bits per heavy atom. The average Bonchev–Trinajstić information content (AvgIpc) is 2.25. The van der Waals surface area contributed by atoms with E-state index in [4.69, 9.17) is 33.1 Å². The lowest BCUT2D eigenvalue weighted by Crippen LogP contribution is -2.07. The van der Waals surface area contributed by atoms with Crippen molar-refractivity contribution in [3.8, 4) is 5.75 Å². The highest BCUT2D eigenvalue weighted by Crippen LogP contribution is 2.28. The van der Waals surface area contributed by atoms with Gasteiger partial charge in [0.05, 0.1) is 25.1 Å². The van der Waals surface area contributed by atoms with Crippen LogP contribution in [-0.4, -0.2) is 42.9 Å². The Morgan fingerprint density at radius 2 is 1.94 bits per heavy atom. The van der Waals surface area contributed by atoms with Crippen LogP contribution < -0.4 is 15.8 Å². The Morgan fingerprint density at radius 3 is 2.39 bits per heavy atom. The van der Waals surface area contributed by atoms with E-state index in [0.717, 1.165) is 5.69 Å². The maximum Gasteiger partial charge on any atom is 0.394 e. The van der Waals surface area contributed by atoms with Gasteiger partial charge in [-0.2, -0.15) is 8.42 Å². The summed E-state index contributed by atoms with van der Waals surface area (Å²) in [5, 5.41) is 11.6. The van der Waals surface area contributed by atoms with Crippen LogP contribution in [-0.2, 0) is 10.4 Å². The molecule has 0 fully saturated rings. The maximum atomic E-state index is 8.74. The molecule has 0 radical (unpaired) electrons. The number of nitrogen functional groups attached to an aromatic ring is 1. The fraction of sp³-hybridized carbons (Fsp3) is 0.333. The van der Waals surface area contributed by atoms with Crippen molar-refractivity contribution in [2.75, 3.05) is 31.3 Å². The first-order valence-electron chi connectivity index (χ1n) is 4.76. The number of nitrogens with one attached hydrogen (secondary N) is 1. The normalized spacial score (nSPS) is 10.2. The van der Waals surface area contributed by atoms with Crippen LogP contribution >= 0.6 is 0 Å². The summed E-state index contributed by atoms with van der Waals surface area (Å²) in [6, 6.07) is 5.47. The van der Waals surface area contributed by atoms with Crippen molar-refractivity contribution >= 4 is 21.8 Å². The molecule has 1 rings (SSSR count). The highest BCUT2D eigenvalue weighted by atomic mass is 32.3. The lowest BCUT2D eigenvalue weighted by molar-refractivity contribution is 0.311. The zero-order valence-electron chi connectivity index (χ0n) is 9.70. The number of benzene rings is 1. The first-order chi connectivity index (χ1) is 8.29. The zero-order chi connectivity index (χ0) is 14.2. The molecule has 0 spiro atoms. The topological polar surface area (TPSA) is 142 Å². The Balaban J connectivity index is 0.000000494. The first kappa shape index (κ1) is 16.4. The second kappa shape index (κ2) is 7.71. The number of anilines is 2. The van der Waals surface area contributed by atoms with E-state index in [1.54, 1.807) is 13.2 Å². The number of rotatable bonds is 4. The molecule has 104 valence electrons. The molecular formula is C9H16N2O6S. The third kappa shape index (κ3) is 7.68. The number of hydrogen-bond acceptors (Lipinski definition) is 6. The summed E-state index contributed by atoms with van der Waals surface area (Å²) in [6.45, 7) is 0.564. The van der Waals surface area contributed by atoms with Gasteiger partial charge in [-0.25, -0.2) is 0 Å². The van der Waals surface area contributed by atoms with Gasteiger partial charge in [-0.15, -0.1) is 0 Å². The molecule has 0 aliphatic carbocycles. The lowest BCUT2D eigenvalue weighted by atomic mass is 10.2. The van der Waals surface area contributed by atoms with Gasteiger partial charge in [-0.3, -0.25) is 9.11 Å². The summed E-state index contributed by atoms with van der Waals surface area (Å²) in [5.74, 6) is 0.642. The van der Waals surface area contributed by atoms with Gasteiger partial charge < -0.3 is 20.9 Å². The van der Waals surface area contributed by atoms with E-state index in [2.05, 4.69) is 5.32 Å². The predicted octanol–water partition coefficient (Wildman–Crippen LogP) is 0.0288. The van der Waals surface area contributed by atoms with E-state index < -0.39 is 10.4 Å². The molecule has 0 saturated heterocycles. The van der Waals surface area contributed by atoms with Crippen LogP contribution in [0.1, 0.15) is 0 Å². The van der Waals surface area contributed by atoms with E-state index >= 15 is 0 Å². The summed E-state index contributed by atoms with van der Waals surface area (Å²) in [4.78, 5) is 0. The molecule has 0 aliphatic heterocycles. The van der Waals surface area contributed by atoms with Crippen LogP contribution in [0.5, 0.6) is 5.75 Å². The van der Waals surface area contributed by atoms with Crippen LogP contribution in [0.2, 0.25) is 0 Å². The first-order valence-corrected chi connectivity index (χ1v) is 6.16. The average molecular weight is 280 g/mol. The summed E-state index contributed by atoms with van der Waals surface area (Å²) in [7, 11) is -3.10. The van der Waals surface area contributed by atoms with Crippen molar-refractivity contribution < 1.29 is 27.4 Å². The van der Waals surface area contributed by atoms with Crippen LogP contribution in [0.4, 0.5) is 11.4 Å². The summed E-state index contributed by atoms with van der Waals surface area (Å²) in [6.07, 6.45) is 0. The summed E-state index contributed by atoms with van der Waals surface area (Å²) in [5.41, 5.74) is 7.12. The number of ether oxygens (including phenoxy) is 1. The van der Waals surface area contributed by atoms with Gasteiger partial charge in [0.15, 0.2) is 0 Å². The zero-order valence-corrected chi connectivity index (χ0v) is 10.5. The van der Waals surface area contributed by atoms with Crippen LogP contribution in [0.25, 0.3) is 0 Å². The van der Waals surface area contributed by atoms with E-state index in [1.165, 1.54) is 0 Å². The van der Waals surface area contributed by atoms with Crippen molar-refractivity contribution in [2.45, 2.75) is 0 Å². The highest BCUT2D eigenvalue weighted by molar-refractivity contribution is 7.79. The van der Waals surface area contributed by atoms with Crippen molar-refractivity contribution in [2.24, 2.45) is 0 Å². The number of aliphatic hydroxyl groups is 1. The van der Waals surface area contributed by atoms with Gasteiger partial charge in [-0.1, -0.05) is 6.07 Å². The molecule has 0 amide bonds. The van der Waals surface area contributed by atoms with Gasteiger partial charge in [-0.05, 0) is 12.1 Å². The molecule has 0 aliphatic rings. The van der Waals surface area contributed by atoms with Crippen LogP contribution in [0, 0.1) is 0 Å². The number of para-hydroxylation sites is 1. The number of hydrogen-bond donors (Lipinski definition) is 5. The molecule has 8 nitrogen and oxygen atoms in total. The van der Waals surface area contributed by atoms with Gasteiger partial charge >= 0.3 is 10.4 Å². The second-order valence-corrected chi connectivity index (χ2v) is 3.92. The molecule has 0 atom stereocenters. The van der Waals surface area contributed by atoms with Crippen molar-refractivity contribution in [3.05, 3.63) is 18.2 Å². The third-order valence-corrected chi connectivity index (χ3v) is 1.71. The molecule has 1 aromatic rings. The van der Waals surface area contributed by atoms with E-state index in [9.17, 15) is 0 Å². The van der Waals surface area contributed by atoms with E-state index in [0.29, 0.717) is 18.0 Å². The quantitative estimate of drug-likeness (QED) is 0.384. The Labute approximate surface area is 105 Å². The molecule has 9 heteroatoms. The van der Waals surface area contributed by atoms with E-state index in [1.807, 2.05) is 12.1 Å². The Bertz CT molecular complexity index is 454. The molecule has 18 heavy (non-hydrogen) atoms. The largest absolute Gasteiger partial charge is 0.495 e. The SMILES string of the molecule is COc1cccc(NCCO)c1N.O=S(=O)(O)O. The van der Waals surface area contributed by atoms with Gasteiger partial charge in [0.2, 0.25) is 0 Å². The molecule has 1 aromatic carbocycles.